The van der Waals surface area contributed by atoms with Crippen molar-refractivity contribution in [2.24, 2.45) is 0 Å². The van der Waals surface area contributed by atoms with Crippen molar-refractivity contribution in [1.29, 1.82) is 0 Å². The lowest BCUT2D eigenvalue weighted by molar-refractivity contribution is -0.144. The maximum Gasteiger partial charge on any atom is 0.328 e. The number of halogens is 3. The molecular weight excluding hydrogens is 477 g/mol. The predicted molar refractivity (Wildman–Crippen MR) is 123 cm³/mol. The van der Waals surface area contributed by atoms with Crippen LogP contribution in [0.1, 0.15) is 22.8 Å². The summed E-state index contributed by atoms with van der Waals surface area (Å²) in [5, 5.41) is 6.31. The molecule has 0 spiro atoms. The van der Waals surface area contributed by atoms with Crippen molar-refractivity contribution in [3.05, 3.63) is 75.4 Å². The van der Waals surface area contributed by atoms with Crippen LogP contribution in [-0.2, 0) is 16.0 Å². The largest absolute Gasteiger partial charge is 0.464 e. The van der Waals surface area contributed by atoms with Crippen LogP contribution in [0.5, 0.6) is 0 Å². The maximum absolute atomic E-state index is 12.5. The van der Waals surface area contributed by atoms with Gasteiger partial charge in [-0.2, -0.15) is 0 Å². The molecule has 0 aliphatic heterocycles. The van der Waals surface area contributed by atoms with Crippen LogP contribution in [0, 0.1) is 0 Å². The topological polar surface area (TPSA) is 106 Å². The molecule has 8 nitrogen and oxygen atoms in total. The minimum atomic E-state index is -0.698. The smallest absolute Gasteiger partial charge is 0.328 e. The summed E-state index contributed by atoms with van der Waals surface area (Å²) in [4.78, 5) is 36.6. The molecule has 0 saturated carbocycles. The van der Waals surface area contributed by atoms with Gasteiger partial charge in [-0.1, -0.05) is 46.9 Å². The third kappa shape index (κ3) is 6.29. The lowest BCUT2D eigenvalue weighted by atomic mass is 10.1. The summed E-state index contributed by atoms with van der Waals surface area (Å²) < 4.78 is 5.16. The predicted octanol–water partition coefficient (Wildman–Crippen LogP) is 4.67. The number of carbonyl (C=O) groups is 2. The van der Waals surface area contributed by atoms with E-state index in [2.05, 4.69) is 25.6 Å². The molecule has 2 N–H and O–H groups in total. The molecule has 2 aromatic heterocycles. The molecule has 0 unspecified atom stereocenters. The van der Waals surface area contributed by atoms with Crippen LogP contribution in [0.2, 0.25) is 15.2 Å². The number of amides is 1. The number of anilines is 2. The zero-order valence-corrected chi connectivity index (χ0v) is 19.1. The number of pyridine rings is 1. The Kier molecular flexibility index (Phi) is 8.21. The van der Waals surface area contributed by atoms with Crippen molar-refractivity contribution in [1.82, 2.24) is 15.0 Å². The lowest BCUT2D eigenvalue weighted by Crippen LogP contribution is -2.34. The van der Waals surface area contributed by atoms with Gasteiger partial charge >= 0.3 is 5.97 Å². The summed E-state index contributed by atoms with van der Waals surface area (Å²) >= 11 is 17.9. The average Bonchev–Trinajstić information content (AvgIpc) is 2.75. The van der Waals surface area contributed by atoms with Gasteiger partial charge in [0.15, 0.2) is 0 Å². The van der Waals surface area contributed by atoms with E-state index in [1.165, 1.54) is 24.8 Å². The number of nitrogens with zero attached hydrogens (tertiary/aromatic N) is 3. The van der Waals surface area contributed by atoms with E-state index in [0.29, 0.717) is 17.9 Å². The van der Waals surface area contributed by atoms with E-state index >= 15 is 0 Å². The molecule has 1 atom stereocenters. The average molecular weight is 495 g/mol. The highest BCUT2D eigenvalue weighted by Crippen LogP contribution is 2.24. The normalized spacial score (nSPS) is 11.5. The second-order valence-corrected chi connectivity index (χ2v) is 7.71. The Balaban J connectivity index is 1.71. The zero-order valence-electron chi connectivity index (χ0n) is 16.8. The van der Waals surface area contributed by atoms with Gasteiger partial charge in [0.2, 0.25) is 0 Å². The van der Waals surface area contributed by atoms with Gasteiger partial charge in [0, 0.05) is 30.6 Å². The standard InChI is InChI=1S/C21H18Cl3N5O3/c1-2-32-21(31)16(29-18-8-17(24)26-11-27-18)7-12-3-5-13(6-4-12)28-20(30)19-14(22)9-25-10-15(19)23/h3-6,8-11,16H,2,7H2,1H3,(H,28,30)(H,26,27,29)/t16-/m0/s1. The van der Waals surface area contributed by atoms with E-state index in [-0.39, 0.29) is 27.4 Å². The Morgan fingerprint density at radius 1 is 1.06 bits per heavy atom. The summed E-state index contributed by atoms with van der Waals surface area (Å²) in [7, 11) is 0. The lowest BCUT2D eigenvalue weighted by Gasteiger charge is -2.18. The molecule has 3 aromatic rings. The van der Waals surface area contributed by atoms with Gasteiger partial charge in [0.05, 0.1) is 22.2 Å². The highest BCUT2D eigenvalue weighted by molar-refractivity contribution is 6.40. The maximum atomic E-state index is 12.5. The monoisotopic (exact) mass is 493 g/mol. The molecular formula is C21H18Cl3N5O3. The molecule has 0 aliphatic rings. The van der Waals surface area contributed by atoms with Crippen LogP contribution >= 0.6 is 34.8 Å². The SMILES string of the molecule is CCOC(=O)[C@H](Cc1ccc(NC(=O)c2c(Cl)cncc2Cl)cc1)Nc1cc(Cl)ncn1. The minimum absolute atomic E-state index is 0.141. The van der Waals surface area contributed by atoms with Gasteiger partial charge in [-0.05, 0) is 24.6 Å². The molecule has 0 saturated heterocycles. The summed E-state index contributed by atoms with van der Waals surface area (Å²) in [6.45, 7) is 1.97. The number of esters is 1. The third-order valence-electron chi connectivity index (χ3n) is 4.26. The molecule has 11 heteroatoms. The second kappa shape index (κ2) is 11.1. The van der Waals surface area contributed by atoms with Crippen molar-refractivity contribution in [2.75, 3.05) is 17.2 Å². The van der Waals surface area contributed by atoms with Crippen LogP contribution in [0.3, 0.4) is 0 Å². The van der Waals surface area contributed by atoms with Gasteiger partial charge in [-0.15, -0.1) is 0 Å². The Bertz CT molecular complexity index is 1090. The molecule has 3 rings (SSSR count). The molecule has 0 aliphatic carbocycles. The first-order valence-electron chi connectivity index (χ1n) is 9.47. The first-order valence-corrected chi connectivity index (χ1v) is 10.6. The number of rotatable bonds is 8. The summed E-state index contributed by atoms with van der Waals surface area (Å²) in [5.41, 5.74) is 1.50. The summed E-state index contributed by atoms with van der Waals surface area (Å²) in [5.74, 6) is -0.485. The van der Waals surface area contributed by atoms with Crippen LogP contribution in [-0.4, -0.2) is 39.5 Å². The minimum Gasteiger partial charge on any atom is -0.464 e. The number of hydrogen-bond donors (Lipinski definition) is 2. The number of aromatic nitrogens is 3. The van der Waals surface area contributed by atoms with Gasteiger partial charge in [0.25, 0.3) is 5.91 Å². The van der Waals surface area contributed by atoms with E-state index < -0.39 is 17.9 Å². The Morgan fingerprint density at radius 2 is 1.75 bits per heavy atom. The molecule has 0 radical (unpaired) electrons. The number of benzene rings is 1. The Hall–Kier alpha value is -2.94. The zero-order chi connectivity index (χ0) is 23.1. The number of hydrogen-bond acceptors (Lipinski definition) is 7. The molecule has 166 valence electrons. The number of carbonyl (C=O) groups excluding carboxylic acids is 2. The van der Waals surface area contributed by atoms with Crippen LogP contribution in [0.4, 0.5) is 11.5 Å². The van der Waals surface area contributed by atoms with Gasteiger partial charge in [0.1, 0.15) is 23.3 Å². The van der Waals surface area contributed by atoms with Gasteiger partial charge < -0.3 is 15.4 Å². The molecule has 0 bridgehead atoms. The van der Waals surface area contributed by atoms with Gasteiger partial charge in [-0.3, -0.25) is 9.78 Å². The number of ether oxygens (including phenoxy) is 1. The molecule has 0 fully saturated rings. The fourth-order valence-corrected chi connectivity index (χ4v) is 3.49. The highest BCUT2D eigenvalue weighted by Gasteiger charge is 2.21. The van der Waals surface area contributed by atoms with E-state index in [1.807, 2.05) is 0 Å². The van der Waals surface area contributed by atoms with Crippen molar-refractivity contribution in [2.45, 2.75) is 19.4 Å². The Labute approximate surface area is 199 Å². The molecule has 32 heavy (non-hydrogen) atoms. The quantitative estimate of drug-likeness (QED) is 0.346. The van der Waals surface area contributed by atoms with Crippen molar-refractivity contribution < 1.29 is 14.3 Å². The molecule has 1 amide bonds. The van der Waals surface area contributed by atoms with Crippen molar-refractivity contribution >= 4 is 58.2 Å². The van der Waals surface area contributed by atoms with Crippen molar-refractivity contribution in [3.63, 3.8) is 0 Å². The highest BCUT2D eigenvalue weighted by atomic mass is 35.5. The first kappa shape index (κ1) is 23.7. The fourth-order valence-electron chi connectivity index (χ4n) is 2.81. The van der Waals surface area contributed by atoms with Crippen molar-refractivity contribution in [3.8, 4) is 0 Å². The van der Waals surface area contributed by atoms with E-state index in [9.17, 15) is 9.59 Å². The third-order valence-corrected chi connectivity index (χ3v) is 5.04. The Morgan fingerprint density at radius 3 is 2.38 bits per heavy atom. The van der Waals surface area contributed by atoms with Crippen LogP contribution in [0.15, 0.2) is 49.1 Å². The summed E-state index contributed by atoms with van der Waals surface area (Å²) in [6, 6.07) is 7.80. The second-order valence-electron chi connectivity index (χ2n) is 6.51. The molecule has 2 heterocycles. The van der Waals surface area contributed by atoms with Crippen LogP contribution in [0.25, 0.3) is 0 Å². The summed E-state index contributed by atoms with van der Waals surface area (Å²) in [6.07, 6.45) is 4.31. The first-order chi connectivity index (χ1) is 15.4. The fraction of sp³-hybridized carbons (Fsp3) is 0.190. The molecule has 1 aromatic carbocycles. The van der Waals surface area contributed by atoms with E-state index in [1.54, 1.807) is 31.2 Å². The van der Waals surface area contributed by atoms with E-state index in [4.69, 9.17) is 39.5 Å². The number of nitrogens with one attached hydrogen (secondary N) is 2. The van der Waals surface area contributed by atoms with E-state index in [0.717, 1.165) is 5.56 Å². The van der Waals surface area contributed by atoms with Gasteiger partial charge in [-0.25, -0.2) is 14.8 Å². The van der Waals surface area contributed by atoms with Crippen LogP contribution < -0.4 is 10.6 Å².